The van der Waals surface area contributed by atoms with Crippen molar-refractivity contribution < 1.29 is 29.3 Å². The van der Waals surface area contributed by atoms with Gasteiger partial charge in [0.15, 0.2) is 5.78 Å². The highest BCUT2D eigenvalue weighted by Crippen LogP contribution is 2.31. The minimum atomic E-state index is -0.873. The predicted molar refractivity (Wildman–Crippen MR) is 95.3 cm³/mol. The van der Waals surface area contributed by atoms with Crippen molar-refractivity contribution in [1.82, 2.24) is 5.32 Å². The van der Waals surface area contributed by atoms with Gasteiger partial charge in [0.1, 0.15) is 29.8 Å². The van der Waals surface area contributed by atoms with Gasteiger partial charge in [-0.3, -0.25) is 9.59 Å². The van der Waals surface area contributed by atoms with Crippen molar-refractivity contribution in [3.63, 3.8) is 0 Å². The number of aliphatic hydroxyl groups excluding tert-OH is 2. The Morgan fingerprint density at radius 3 is 2.59 bits per heavy atom. The first-order valence-corrected chi connectivity index (χ1v) is 9.27. The van der Waals surface area contributed by atoms with Gasteiger partial charge in [0, 0.05) is 12.3 Å². The number of carbonyl (C=O) groups is 2. The van der Waals surface area contributed by atoms with E-state index in [9.17, 15) is 19.8 Å². The maximum atomic E-state index is 12.7. The van der Waals surface area contributed by atoms with Gasteiger partial charge in [-0.2, -0.15) is 0 Å². The number of rotatable bonds is 0. The van der Waals surface area contributed by atoms with E-state index >= 15 is 0 Å². The molecular formula is C20H23NO6. The normalized spacial score (nSPS) is 36.6. The summed E-state index contributed by atoms with van der Waals surface area (Å²) in [4.78, 5) is 24.9. The second-order valence-corrected chi connectivity index (χ2v) is 7.46. The van der Waals surface area contributed by atoms with Gasteiger partial charge >= 0.3 is 0 Å². The van der Waals surface area contributed by atoms with Crippen molar-refractivity contribution in [2.45, 2.75) is 50.5 Å². The summed E-state index contributed by atoms with van der Waals surface area (Å²) in [5, 5.41) is 23.5. The molecular weight excluding hydrogens is 350 g/mol. The van der Waals surface area contributed by atoms with Crippen LogP contribution in [-0.4, -0.2) is 52.9 Å². The molecule has 3 N–H and O–H groups in total. The number of hydrogen-bond acceptors (Lipinski definition) is 6. The van der Waals surface area contributed by atoms with Crippen molar-refractivity contribution in [2.75, 3.05) is 6.61 Å². The summed E-state index contributed by atoms with van der Waals surface area (Å²) in [7, 11) is 0. The molecule has 5 rings (SSSR count). The second kappa shape index (κ2) is 6.98. The number of nitrogens with one attached hydrogen (secondary N) is 1. The van der Waals surface area contributed by atoms with E-state index in [4.69, 9.17) is 9.47 Å². The number of aliphatic hydroxyl groups is 2. The van der Waals surface area contributed by atoms with Gasteiger partial charge in [-0.1, -0.05) is 19.1 Å². The largest absolute Gasteiger partial charge is 0.511 e. The van der Waals surface area contributed by atoms with Crippen LogP contribution in [0.25, 0.3) is 0 Å². The first kappa shape index (κ1) is 18.0. The van der Waals surface area contributed by atoms with Crippen LogP contribution in [-0.2, 0) is 20.7 Å². The number of amides is 1. The Kier molecular flexibility index (Phi) is 4.65. The summed E-state index contributed by atoms with van der Waals surface area (Å²) in [5.74, 6) is -1.37. The number of Topliss-reactive ketones (excluding diaryl/α,β-unsaturated/α-hetero) is 1. The average molecular weight is 373 g/mol. The number of benzene rings is 1. The lowest BCUT2D eigenvalue weighted by Crippen LogP contribution is -2.31. The van der Waals surface area contributed by atoms with Crippen LogP contribution in [0, 0.1) is 5.92 Å². The number of carbonyl (C=O) groups excluding carboxylic acids is 2. The predicted octanol–water partition coefficient (Wildman–Crippen LogP) is 1.05. The van der Waals surface area contributed by atoms with Crippen molar-refractivity contribution in [1.29, 1.82) is 0 Å². The van der Waals surface area contributed by atoms with E-state index in [2.05, 4.69) is 5.32 Å². The van der Waals surface area contributed by atoms with Crippen LogP contribution in [0.4, 0.5) is 0 Å². The first-order valence-electron chi connectivity index (χ1n) is 9.27. The van der Waals surface area contributed by atoms with Gasteiger partial charge < -0.3 is 25.0 Å². The molecule has 1 aromatic carbocycles. The summed E-state index contributed by atoms with van der Waals surface area (Å²) in [6, 6.07) is 6.64. The van der Waals surface area contributed by atoms with Gasteiger partial charge in [0.25, 0.3) is 5.91 Å². The van der Waals surface area contributed by atoms with Gasteiger partial charge in [-0.05, 0) is 30.5 Å². The maximum Gasteiger partial charge on any atom is 0.259 e. The second-order valence-electron chi connectivity index (χ2n) is 7.46. The number of ketones is 1. The molecule has 2 saturated heterocycles. The van der Waals surface area contributed by atoms with Crippen LogP contribution in [0.5, 0.6) is 5.75 Å². The number of fused-ring (bicyclic) bond motifs is 7. The Balaban J connectivity index is 1.63. The van der Waals surface area contributed by atoms with Crippen LogP contribution in [0.1, 0.15) is 25.3 Å². The zero-order chi connectivity index (χ0) is 19.1. The number of epoxide rings is 1. The third kappa shape index (κ3) is 3.57. The average Bonchev–Trinajstić information content (AvgIpc) is 3.35. The molecule has 0 radical (unpaired) electrons. The smallest absolute Gasteiger partial charge is 0.259 e. The van der Waals surface area contributed by atoms with E-state index in [-0.39, 0.29) is 23.5 Å². The number of ether oxygens (including phenoxy) is 2. The lowest BCUT2D eigenvalue weighted by atomic mass is 9.92. The summed E-state index contributed by atoms with van der Waals surface area (Å²) in [6.07, 6.45) is 0.473. The zero-order valence-electron chi connectivity index (χ0n) is 15.1. The highest BCUT2D eigenvalue weighted by atomic mass is 16.6. The third-order valence-electron chi connectivity index (χ3n) is 5.57. The van der Waals surface area contributed by atoms with Crippen molar-refractivity contribution >= 4 is 11.7 Å². The fraction of sp³-hybridized carbons (Fsp3) is 0.500. The molecule has 4 bridgehead atoms. The Morgan fingerprint density at radius 1 is 1.11 bits per heavy atom. The molecule has 4 heterocycles. The van der Waals surface area contributed by atoms with Crippen molar-refractivity contribution in [3.05, 3.63) is 41.2 Å². The zero-order valence-corrected chi connectivity index (χ0v) is 15.1. The van der Waals surface area contributed by atoms with Gasteiger partial charge in [-0.25, -0.2) is 0 Å². The van der Waals surface area contributed by atoms with Gasteiger partial charge in [-0.15, -0.1) is 0 Å². The molecule has 2 fully saturated rings. The van der Waals surface area contributed by atoms with Crippen LogP contribution >= 0.6 is 0 Å². The van der Waals surface area contributed by atoms with Crippen molar-refractivity contribution in [3.8, 4) is 5.75 Å². The van der Waals surface area contributed by atoms with Crippen molar-refractivity contribution in [2.24, 2.45) is 5.92 Å². The summed E-state index contributed by atoms with van der Waals surface area (Å²) in [6.45, 7) is 2.06. The van der Waals surface area contributed by atoms with Gasteiger partial charge in [0.2, 0.25) is 0 Å². The van der Waals surface area contributed by atoms with Crippen LogP contribution in [0.15, 0.2) is 35.6 Å². The molecule has 7 nitrogen and oxygen atoms in total. The van der Waals surface area contributed by atoms with E-state index in [1.54, 1.807) is 6.92 Å². The summed E-state index contributed by atoms with van der Waals surface area (Å²) >= 11 is 0. The highest BCUT2D eigenvalue weighted by Gasteiger charge is 2.42. The third-order valence-corrected chi connectivity index (χ3v) is 5.57. The maximum absolute atomic E-state index is 12.7. The molecule has 5 atom stereocenters. The molecule has 4 aliphatic heterocycles. The minimum absolute atomic E-state index is 0.00168. The molecule has 1 aromatic rings. The molecule has 7 heteroatoms. The van der Waals surface area contributed by atoms with E-state index in [1.165, 1.54) is 0 Å². The van der Waals surface area contributed by atoms with Crippen LogP contribution in [0.2, 0.25) is 0 Å². The lowest BCUT2D eigenvalue weighted by Gasteiger charge is -2.18. The van der Waals surface area contributed by atoms with Crippen LogP contribution < -0.4 is 10.1 Å². The molecule has 0 aromatic heterocycles. The molecule has 0 saturated carbocycles. The molecule has 0 spiro atoms. The molecule has 27 heavy (non-hydrogen) atoms. The van der Waals surface area contributed by atoms with E-state index < -0.39 is 29.8 Å². The first-order chi connectivity index (χ1) is 12.9. The van der Waals surface area contributed by atoms with Crippen LogP contribution in [0.3, 0.4) is 0 Å². The Labute approximate surface area is 157 Å². The molecule has 0 unspecified atom stereocenters. The molecule has 0 aliphatic carbocycles. The quantitative estimate of drug-likeness (QED) is 0.463. The molecule has 144 valence electrons. The standard InChI is InChI=1S/C20H23NO6/c1-10-14(22)6-7-15-16(27-15)9-26-12-4-2-11(3-5-12)8-13-19(24)17(18(10)23)20(25)21-13/h2-5,10,13-16,22-23H,6-9H2,1H3,(H,21,25)/b18-17-/t10-,13+,14-,15+,16+/m1/s1. The SMILES string of the molecule is C[C@H]1/C(O)=C2/C(=O)N[C@@H](Cc3ccc(cc3)OC[C@@H]3O[C@H]3CC[C@H]1O)C2=O. The Hall–Kier alpha value is -2.38. The summed E-state index contributed by atoms with van der Waals surface area (Å²) < 4.78 is 11.3. The fourth-order valence-corrected chi connectivity index (χ4v) is 3.68. The Bertz CT molecular complexity index is 786. The monoisotopic (exact) mass is 373 g/mol. The molecule has 4 aliphatic rings. The van der Waals surface area contributed by atoms with E-state index in [0.717, 1.165) is 5.56 Å². The minimum Gasteiger partial charge on any atom is -0.511 e. The van der Waals surface area contributed by atoms with E-state index in [0.29, 0.717) is 31.6 Å². The van der Waals surface area contributed by atoms with E-state index in [1.807, 2.05) is 24.3 Å². The molecule has 1 amide bonds. The Morgan fingerprint density at radius 2 is 1.85 bits per heavy atom. The highest BCUT2D eigenvalue weighted by molar-refractivity contribution is 6.27. The topological polar surface area (TPSA) is 108 Å². The van der Waals surface area contributed by atoms with Gasteiger partial charge in [0.05, 0.1) is 18.2 Å². The fourth-order valence-electron chi connectivity index (χ4n) is 3.68. The summed E-state index contributed by atoms with van der Waals surface area (Å²) in [5.41, 5.74) is 0.635. The lowest BCUT2D eigenvalue weighted by molar-refractivity contribution is -0.117. The number of hydrogen-bond donors (Lipinski definition) is 3.